The highest BCUT2D eigenvalue weighted by atomic mass is 28.3. The van der Waals surface area contributed by atoms with Gasteiger partial charge in [-0.2, -0.15) is 0 Å². The van der Waals surface area contributed by atoms with Crippen LogP contribution in [-0.2, 0) is 6.54 Å². The lowest BCUT2D eigenvalue weighted by atomic mass is 10.2. The van der Waals surface area contributed by atoms with E-state index in [1.165, 1.54) is 21.5 Å². The Morgan fingerprint density at radius 1 is 0.800 bits per heavy atom. The zero-order valence-electron chi connectivity index (χ0n) is 14.7. The number of hydrogen-bond acceptors (Lipinski definition) is 1. The third kappa shape index (κ3) is 2.92. The number of hydrogen-bond donors (Lipinski definition) is 0. The normalized spacial score (nSPS) is 11.8. The van der Waals surface area contributed by atoms with E-state index in [0.717, 1.165) is 12.1 Å². The van der Waals surface area contributed by atoms with Gasteiger partial charge in [-0.25, -0.2) is 4.98 Å². The summed E-state index contributed by atoms with van der Waals surface area (Å²) in [5.74, 6) is 0. The van der Waals surface area contributed by atoms with Crippen LogP contribution in [0.5, 0.6) is 0 Å². The van der Waals surface area contributed by atoms with Gasteiger partial charge in [0.1, 0.15) is 8.07 Å². The molecule has 0 aliphatic carbocycles. The fourth-order valence-corrected chi connectivity index (χ4v) is 6.41. The van der Waals surface area contributed by atoms with Crippen LogP contribution in [0.4, 0.5) is 0 Å². The molecule has 0 unspecified atom stereocenters. The van der Waals surface area contributed by atoms with Gasteiger partial charge < -0.3 is 4.57 Å². The van der Waals surface area contributed by atoms with E-state index in [9.17, 15) is 0 Å². The molecule has 0 saturated heterocycles. The molecule has 4 rings (SSSR count). The number of aromatic nitrogens is 2. The number of nitrogens with zero attached hydrogens (tertiary/aromatic N) is 2. The summed E-state index contributed by atoms with van der Waals surface area (Å²) in [5.41, 5.74) is 3.64. The molecule has 0 atom stereocenters. The monoisotopic (exact) mass is 342 g/mol. The smallest absolute Gasteiger partial charge is 0.112 e. The van der Waals surface area contributed by atoms with Crippen molar-refractivity contribution in [2.24, 2.45) is 0 Å². The molecule has 0 saturated carbocycles. The Labute approximate surface area is 149 Å². The highest BCUT2D eigenvalue weighted by Crippen LogP contribution is 2.15. The molecule has 0 radical (unpaired) electrons. The second kappa shape index (κ2) is 6.34. The average Bonchev–Trinajstić information content (AvgIpc) is 3.06. The van der Waals surface area contributed by atoms with Gasteiger partial charge in [-0.3, -0.25) is 0 Å². The van der Waals surface area contributed by atoms with Crippen LogP contribution in [0.25, 0.3) is 11.0 Å². The molecule has 1 aromatic heterocycles. The van der Waals surface area contributed by atoms with E-state index < -0.39 is 8.07 Å². The summed E-state index contributed by atoms with van der Waals surface area (Å²) in [6.45, 7) is 5.74. The average molecular weight is 343 g/mol. The molecular formula is C22H22N2Si. The maximum atomic E-state index is 4.54. The first kappa shape index (κ1) is 15.9. The maximum Gasteiger partial charge on any atom is 0.112 e. The topological polar surface area (TPSA) is 17.8 Å². The second-order valence-corrected chi connectivity index (χ2v) is 11.4. The molecule has 3 aromatic carbocycles. The molecule has 0 fully saturated rings. The Balaban J connectivity index is 1.77. The van der Waals surface area contributed by atoms with Crippen LogP contribution in [0.2, 0.25) is 13.1 Å². The van der Waals surface area contributed by atoms with E-state index in [4.69, 9.17) is 0 Å². The molecule has 25 heavy (non-hydrogen) atoms. The molecule has 0 amide bonds. The molecular weight excluding hydrogens is 320 g/mol. The molecule has 0 bridgehead atoms. The van der Waals surface area contributed by atoms with Gasteiger partial charge in [-0.1, -0.05) is 85.0 Å². The third-order valence-corrected chi connectivity index (χ3v) is 8.67. The molecule has 0 aliphatic rings. The van der Waals surface area contributed by atoms with Gasteiger partial charge in [0.2, 0.25) is 0 Å². The Kier molecular flexibility index (Phi) is 4.02. The summed E-state index contributed by atoms with van der Waals surface area (Å²) in [7, 11) is -1.73. The van der Waals surface area contributed by atoms with E-state index >= 15 is 0 Å². The van der Waals surface area contributed by atoms with Crippen LogP contribution < -0.4 is 10.4 Å². The Bertz CT molecular complexity index is 1000. The number of rotatable bonds is 4. The summed E-state index contributed by atoms with van der Waals surface area (Å²) < 4.78 is 2.25. The van der Waals surface area contributed by atoms with Crippen molar-refractivity contribution < 1.29 is 0 Å². The summed E-state index contributed by atoms with van der Waals surface area (Å²) in [6, 6.07) is 28.2. The fraction of sp³-hybridized carbons (Fsp3) is 0.136. The summed E-state index contributed by atoms with van der Waals surface area (Å²) >= 11 is 0. The van der Waals surface area contributed by atoms with Gasteiger partial charge in [0.15, 0.2) is 0 Å². The molecule has 3 heteroatoms. The summed E-state index contributed by atoms with van der Waals surface area (Å²) in [6.07, 6.45) is 1.96. The zero-order chi connectivity index (χ0) is 17.3. The largest absolute Gasteiger partial charge is 0.326 e. The first-order chi connectivity index (χ1) is 12.2. The van der Waals surface area contributed by atoms with E-state index in [1.54, 1.807) is 0 Å². The molecule has 4 aromatic rings. The predicted octanol–water partition coefficient (Wildman–Crippen LogP) is 3.91. The molecule has 0 aliphatic heterocycles. The van der Waals surface area contributed by atoms with Crippen molar-refractivity contribution in [3.05, 3.63) is 90.8 Å². The van der Waals surface area contributed by atoms with Crippen LogP contribution in [0.15, 0.2) is 85.2 Å². The third-order valence-electron chi connectivity index (χ3n) is 5.05. The van der Waals surface area contributed by atoms with Gasteiger partial charge >= 0.3 is 0 Å². The van der Waals surface area contributed by atoms with Gasteiger partial charge in [-0.15, -0.1) is 0 Å². The number of fused-ring (bicyclic) bond motifs is 1. The van der Waals surface area contributed by atoms with Crippen molar-refractivity contribution in [1.29, 1.82) is 0 Å². The first-order valence-electron chi connectivity index (χ1n) is 8.70. The van der Waals surface area contributed by atoms with Crippen LogP contribution >= 0.6 is 0 Å². The van der Waals surface area contributed by atoms with Crippen LogP contribution in [0, 0.1) is 0 Å². The molecule has 2 nitrogen and oxygen atoms in total. The van der Waals surface area contributed by atoms with E-state index in [0.29, 0.717) is 0 Å². The quantitative estimate of drug-likeness (QED) is 0.514. The summed E-state index contributed by atoms with van der Waals surface area (Å²) in [5, 5.41) is 2.97. The lowest BCUT2D eigenvalue weighted by Crippen LogP contribution is -2.54. The minimum Gasteiger partial charge on any atom is -0.326 e. The van der Waals surface area contributed by atoms with Crippen LogP contribution in [0.3, 0.4) is 0 Å². The lowest BCUT2D eigenvalue weighted by molar-refractivity contribution is 0.828. The highest BCUT2D eigenvalue weighted by molar-refractivity contribution is 7.00. The van der Waals surface area contributed by atoms with Crippen molar-refractivity contribution in [2.75, 3.05) is 0 Å². The Hall–Kier alpha value is -2.65. The Morgan fingerprint density at radius 2 is 1.48 bits per heavy atom. The highest BCUT2D eigenvalue weighted by Gasteiger charge is 2.28. The number of imidazole rings is 1. The van der Waals surface area contributed by atoms with E-state index in [-0.39, 0.29) is 0 Å². The standard InChI is InChI=1S/C22H22N2Si/c1-25(2,19-11-4-3-5-12-19)22-15-9-6-10-18(22)16-24-17-23-20-13-7-8-14-21(20)24/h3-15,17H,16H2,1-2H3. The van der Waals surface area contributed by atoms with Crippen molar-refractivity contribution >= 4 is 29.5 Å². The minimum absolute atomic E-state index is 0.861. The maximum absolute atomic E-state index is 4.54. The predicted molar refractivity (Wildman–Crippen MR) is 108 cm³/mol. The second-order valence-electron chi connectivity index (χ2n) is 7.01. The van der Waals surface area contributed by atoms with Crippen molar-refractivity contribution in [3.63, 3.8) is 0 Å². The fourth-order valence-electron chi connectivity index (χ4n) is 3.60. The van der Waals surface area contributed by atoms with E-state index in [1.807, 2.05) is 12.4 Å². The SMILES string of the molecule is C[Si](C)(c1ccccc1)c1ccccc1Cn1cnc2ccccc21. The molecule has 1 heterocycles. The molecule has 0 spiro atoms. The zero-order valence-corrected chi connectivity index (χ0v) is 15.7. The molecule has 0 N–H and O–H groups in total. The Morgan fingerprint density at radius 3 is 2.32 bits per heavy atom. The number of para-hydroxylation sites is 2. The first-order valence-corrected chi connectivity index (χ1v) is 11.7. The molecule has 124 valence electrons. The van der Waals surface area contributed by atoms with Crippen molar-refractivity contribution in [3.8, 4) is 0 Å². The van der Waals surface area contributed by atoms with Crippen molar-refractivity contribution in [1.82, 2.24) is 9.55 Å². The van der Waals surface area contributed by atoms with Gasteiger partial charge in [0.25, 0.3) is 0 Å². The number of benzene rings is 3. The summed E-state index contributed by atoms with van der Waals surface area (Å²) in [4.78, 5) is 4.54. The van der Waals surface area contributed by atoms with Crippen molar-refractivity contribution in [2.45, 2.75) is 19.6 Å². The van der Waals surface area contributed by atoms with Gasteiger partial charge in [0.05, 0.1) is 17.4 Å². The van der Waals surface area contributed by atoms with Crippen LogP contribution in [0.1, 0.15) is 5.56 Å². The minimum atomic E-state index is -1.73. The van der Waals surface area contributed by atoms with Gasteiger partial charge in [-0.05, 0) is 22.9 Å². The lowest BCUT2D eigenvalue weighted by Gasteiger charge is -2.26. The van der Waals surface area contributed by atoms with Crippen LogP contribution in [-0.4, -0.2) is 17.6 Å². The van der Waals surface area contributed by atoms with E-state index in [2.05, 4.69) is 95.4 Å². The van der Waals surface area contributed by atoms with Gasteiger partial charge in [0, 0.05) is 6.54 Å².